The van der Waals surface area contributed by atoms with Crippen LogP contribution >= 0.6 is 35.6 Å². The Morgan fingerprint density at radius 1 is 1.27 bits per heavy atom. The molecule has 0 saturated carbocycles. The van der Waals surface area contributed by atoms with E-state index in [0.717, 1.165) is 37.9 Å². The van der Waals surface area contributed by atoms with E-state index in [1.807, 2.05) is 12.1 Å². The molecule has 2 N–H and O–H groups in total. The Hall–Kier alpha value is -0.740. The van der Waals surface area contributed by atoms with E-state index in [1.54, 1.807) is 6.07 Å². The van der Waals surface area contributed by atoms with Gasteiger partial charge < -0.3 is 10.6 Å². The number of nitrogens with one attached hydrogen (secondary N) is 2. The zero-order valence-corrected chi connectivity index (χ0v) is 14.7. The third kappa shape index (κ3) is 6.57. The highest BCUT2D eigenvalue weighted by Crippen LogP contribution is 2.23. The molecule has 0 radical (unpaired) electrons. The summed E-state index contributed by atoms with van der Waals surface area (Å²) in [6, 6.07) is 5.61. The van der Waals surface area contributed by atoms with Crippen molar-refractivity contribution in [2.75, 3.05) is 19.6 Å². The standard InChI is InChI=1S/C16H20Cl2N2O.ClH/c17-14-5-4-12(10-15(14)18)2-1-3-16(21)20-11-13-6-8-19-9-7-13;/h4-6,10,19H,1-3,7-9,11H2,(H,20,21);1H. The molecule has 0 atom stereocenters. The third-order valence-electron chi connectivity index (χ3n) is 3.52. The van der Waals surface area contributed by atoms with Crippen molar-refractivity contribution < 1.29 is 4.79 Å². The zero-order chi connectivity index (χ0) is 15.1. The number of carbonyl (C=O) groups is 1. The first-order valence-corrected chi connectivity index (χ1v) is 8.00. The SMILES string of the molecule is Cl.O=C(CCCc1ccc(Cl)c(Cl)c1)NCC1=CCNCC1. The lowest BCUT2D eigenvalue weighted by molar-refractivity contribution is -0.121. The summed E-state index contributed by atoms with van der Waals surface area (Å²) < 4.78 is 0. The van der Waals surface area contributed by atoms with Crippen LogP contribution in [0.15, 0.2) is 29.8 Å². The summed E-state index contributed by atoms with van der Waals surface area (Å²) in [7, 11) is 0. The van der Waals surface area contributed by atoms with Crippen molar-refractivity contribution in [1.29, 1.82) is 0 Å². The lowest BCUT2D eigenvalue weighted by atomic mass is 10.1. The van der Waals surface area contributed by atoms with Crippen LogP contribution in [0.1, 0.15) is 24.8 Å². The van der Waals surface area contributed by atoms with Gasteiger partial charge in [-0.15, -0.1) is 12.4 Å². The molecule has 0 unspecified atom stereocenters. The second kappa shape index (κ2) is 10.1. The number of rotatable bonds is 6. The molecule has 6 heteroatoms. The second-order valence-electron chi connectivity index (χ2n) is 5.20. The first kappa shape index (κ1) is 19.3. The van der Waals surface area contributed by atoms with Crippen LogP contribution < -0.4 is 10.6 Å². The molecule has 122 valence electrons. The number of hydrogen-bond donors (Lipinski definition) is 2. The van der Waals surface area contributed by atoms with Crippen molar-refractivity contribution >= 4 is 41.5 Å². The quantitative estimate of drug-likeness (QED) is 0.755. The van der Waals surface area contributed by atoms with Crippen LogP contribution in [0.2, 0.25) is 10.0 Å². The van der Waals surface area contributed by atoms with Gasteiger partial charge in [0, 0.05) is 19.5 Å². The van der Waals surface area contributed by atoms with Crippen molar-refractivity contribution in [3.8, 4) is 0 Å². The Bertz CT molecular complexity index is 532. The molecule has 1 aromatic rings. The van der Waals surface area contributed by atoms with Crippen LogP contribution in [-0.2, 0) is 11.2 Å². The molecule has 1 aliphatic rings. The molecule has 0 spiro atoms. The predicted molar refractivity (Wildman–Crippen MR) is 95.2 cm³/mol. The van der Waals surface area contributed by atoms with Crippen LogP contribution in [0.4, 0.5) is 0 Å². The molecule has 2 rings (SSSR count). The molecule has 1 heterocycles. The molecular weight excluding hydrogens is 343 g/mol. The highest BCUT2D eigenvalue weighted by atomic mass is 35.5. The Labute approximate surface area is 147 Å². The number of aryl methyl sites for hydroxylation is 1. The monoisotopic (exact) mass is 362 g/mol. The molecule has 0 saturated heterocycles. The molecule has 1 aromatic carbocycles. The van der Waals surface area contributed by atoms with Gasteiger partial charge in [-0.2, -0.15) is 0 Å². The average molecular weight is 364 g/mol. The fourth-order valence-corrected chi connectivity index (χ4v) is 2.60. The number of halogens is 3. The molecule has 1 aliphatic heterocycles. The van der Waals surface area contributed by atoms with Crippen molar-refractivity contribution in [2.45, 2.75) is 25.7 Å². The van der Waals surface area contributed by atoms with Crippen molar-refractivity contribution in [3.05, 3.63) is 45.5 Å². The van der Waals surface area contributed by atoms with E-state index in [-0.39, 0.29) is 18.3 Å². The smallest absolute Gasteiger partial charge is 0.220 e. The Balaban J connectivity index is 0.00000242. The van der Waals surface area contributed by atoms with Crippen LogP contribution in [0.25, 0.3) is 0 Å². The highest BCUT2D eigenvalue weighted by molar-refractivity contribution is 6.42. The summed E-state index contributed by atoms with van der Waals surface area (Å²) in [5.41, 5.74) is 2.42. The summed E-state index contributed by atoms with van der Waals surface area (Å²) in [6.07, 6.45) is 5.34. The van der Waals surface area contributed by atoms with Gasteiger partial charge >= 0.3 is 0 Å². The van der Waals surface area contributed by atoms with E-state index < -0.39 is 0 Å². The van der Waals surface area contributed by atoms with Gasteiger partial charge in [-0.1, -0.05) is 40.9 Å². The van der Waals surface area contributed by atoms with E-state index in [0.29, 0.717) is 23.0 Å². The molecule has 0 fully saturated rings. The van der Waals surface area contributed by atoms with Crippen molar-refractivity contribution in [3.63, 3.8) is 0 Å². The number of carbonyl (C=O) groups excluding carboxylic acids is 1. The number of amides is 1. The number of benzene rings is 1. The maximum Gasteiger partial charge on any atom is 0.220 e. The summed E-state index contributed by atoms with van der Waals surface area (Å²) in [5, 5.41) is 7.36. The first-order chi connectivity index (χ1) is 10.1. The third-order valence-corrected chi connectivity index (χ3v) is 4.26. The second-order valence-corrected chi connectivity index (χ2v) is 6.01. The van der Waals surface area contributed by atoms with Gasteiger partial charge in [-0.05, 0) is 43.5 Å². The molecule has 0 aromatic heterocycles. The Kier molecular flexibility index (Phi) is 8.88. The van der Waals surface area contributed by atoms with Gasteiger partial charge in [0.15, 0.2) is 0 Å². The first-order valence-electron chi connectivity index (χ1n) is 7.24. The van der Waals surface area contributed by atoms with Crippen LogP contribution in [0, 0.1) is 0 Å². The Morgan fingerprint density at radius 3 is 2.77 bits per heavy atom. The molecule has 22 heavy (non-hydrogen) atoms. The van der Waals surface area contributed by atoms with Gasteiger partial charge in [-0.25, -0.2) is 0 Å². The summed E-state index contributed by atoms with van der Waals surface area (Å²) >= 11 is 11.8. The summed E-state index contributed by atoms with van der Waals surface area (Å²) in [4.78, 5) is 11.8. The normalized spacial score (nSPS) is 14.0. The maximum absolute atomic E-state index is 11.8. The minimum absolute atomic E-state index is 0. The van der Waals surface area contributed by atoms with Crippen molar-refractivity contribution in [2.24, 2.45) is 0 Å². The molecule has 0 aliphatic carbocycles. The van der Waals surface area contributed by atoms with E-state index in [2.05, 4.69) is 16.7 Å². The van der Waals surface area contributed by atoms with Gasteiger partial charge in [0.05, 0.1) is 10.0 Å². The van der Waals surface area contributed by atoms with Crippen LogP contribution in [0.3, 0.4) is 0 Å². The van der Waals surface area contributed by atoms with Gasteiger partial charge in [-0.3, -0.25) is 4.79 Å². The van der Waals surface area contributed by atoms with Crippen molar-refractivity contribution in [1.82, 2.24) is 10.6 Å². The van der Waals surface area contributed by atoms with Crippen LogP contribution in [0.5, 0.6) is 0 Å². The summed E-state index contributed by atoms with van der Waals surface area (Å²) in [5.74, 6) is 0.106. The van der Waals surface area contributed by atoms with Gasteiger partial charge in [0.1, 0.15) is 0 Å². The van der Waals surface area contributed by atoms with Gasteiger partial charge in [0.2, 0.25) is 5.91 Å². The van der Waals surface area contributed by atoms with Gasteiger partial charge in [0.25, 0.3) is 0 Å². The topological polar surface area (TPSA) is 41.1 Å². The largest absolute Gasteiger partial charge is 0.352 e. The lowest BCUT2D eigenvalue weighted by Gasteiger charge is -2.14. The molecular formula is C16H21Cl3N2O. The minimum atomic E-state index is 0. The maximum atomic E-state index is 11.8. The van der Waals surface area contributed by atoms with E-state index >= 15 is 0 Å². The van der Waals surface area contributed by atoms with E-state index in [9.17, 15) is 4.79 Å². The molecule has 1 amide bonds. The minimum Gasteiger partial charge on any atom is -0.352 e. The van der Waals surface area contributed by atoms with Crippen LogP contribution in [-0.4, -0.2) is 25.5 Å². The fourth-order valence-electron chi connectivity index (χ4n) is 2.28. The number of hydrogen-bond acceptors (Lipinski definition) is 2. The van der Waals surface area contributed by atoms with E-state index in [1.165, 1.54) is 5.57 Å². The lowest BCUT2D eigenvalue weighted by Crippen LogP contribution is -2.29. The Morgan fingerprint density at radius 2 is 2.09 bits per heavy atom. The average Bonchev–Trinajstić information content (AvgIpc) is 2.50. The summed E-state index contributed by atoms with van der Waals surface area (Å²) in [6.45, 7) is 2.58. The zero-order valence-electron chi connectivity index (χ0n) is 12.3. The molecule has 0 bridgehead atoms. The predicted octanol–water partition coefficient (Wildman–Crippen LogP) is 3.77. The fraction of sp³-hybridized carbons (Fsp3) is 0.438. The highest BCUT2D eigenvalue weighted by Gasteiger charge is 2.06. The molecule has 3 nitrogen and oxygen atoms in total. The van der Waals surface area contributed by atoms with E-state index in [4.69, 9.17) is 23.2 Å².